The van der Waals surface area contributed by atoms with Crippen LogP contribution in [0.2, 0.25) is 0 Å². The van der Waals surface area contributed by atoms with Crippen molar-refractivity contribution in [2.75, 3.05) is 6.26 Å². The van der Waals surface area contributed by atoms with Gasteiger partial charge < -0.3 is 4.74 Å². The van der Waals surface area contributed by atoms with Gasteiger partial charge in [-0.2, -0.15) is 0 Å². The summed E-state index contributed by atoms with van der Waals surface area (Å²) in [6.45, 7) is 5.74. The quantitative estimate of drug-likeness (QED) is 0.592. The van der Waals surface area contributed by atoms with E-state index in [0.717, 1.165) is 22.4 Å². The van der Waals surface area contributed by atoms with Crippen LogP contribution in [0.4, 0.5) is 0 Å². The number of hydrogen-bond donors (Lipinski definition) is 0. The van der Waals surface area contributed by atoms with Crippen LogP contribution >= 0.6 is 11.8 Å². The molecule has 0 aromatic heterocycles. The molecule has 1 atom stereocenters. The van der Waals surface area contributed by atoms with Crippen LogP contribution in [0.5, 0.6) is 5.75 Å². The minimum atomic E-state index is -0.495. The van der Waals surface area contributed by atoms with Crippen molar-refractivity contribution in [1.82, 2.24) is 0 Å². The fraction of sp³-hybridized carbons (Fsp3) is 0.278. The molecule has 0 aliphatic heterocycles. The molecule has 0 heterocycles. The van der Waals surface area contributed by atoms with Crippen molar-refractivity contribution in [3.05, 3.63) is 59.2 Å². The van der Waals surface area contributed by atoms with E-state index in [9.17, 15) is 4.79 Å². The van der Waals surface area contributed by atoms with Crippen LogP contribution in [0.25, 0.3) is 0 Å². The Morgan fingerprint density at radius 3 is 2.38 bits per heavy atom. The molecule has 2 aromatic rings. The second kappa shape index (κ2) is 6.81. The van der Waals surface area contributed by atoms with E-state index in [0.29, 0.717) is 0 Å². The van der Waals surface area contributed by atoms with Crippen LogP contribution in [-0.4, -0.2) is 18.1 Å². The maximum absolute atomic E-state index is 12.5. The van der Waals surface area contributed by atoms with E-state index in [4.69, 9.17) is 4.74 Å². The van der Waals surface area contributed by atoms with Crippen molar-refractivity contribution in [2.45, 2.75) is 31.8 Å². The molecule has 0 saturated carbocycles. The second-order valence-electron chi connectivity index (χ2n) is 5.12. The summed E-state index contributed by atoms with van der Waals surface area (Å²) >= 11 is 1.68. The second-order valence-corrected chi connectivity index (χ2v) is 6.00. The van der Waals surface area contributed by atoms with Crippen molar-refractivity contribution in [1.29, 1.82) is 0 Å². The Morgan fingerprint density at radius 1 is 1.10 bits per heavy atom. The molecule has 3 heteroatoms. The summed E-state index contributed by atoms with van der Waals surface area (Å²) in [7, 11) is 0. The molecule has 2 aromatic carbocycles. The Hall–Kier alpha value is -1.74. The van der Waals surface area contributed by atoms with E-state index >= 15 is 0 Å². The van der Waals surface area contributed by atoms with Gasteiger partial charge in [0.15, 0.2) is 6.10 Å². The molecule has 0 saturated heterocycles. The molecular formula is C18H20O2S. The maximum Gasteiger partial charge on any atom is 0.203 e. The lowest BCUT2D eigenvalue weighted by Crippen LogP contribution is -2.24. The first-order chi connectivity index (χ1) is 10.0. The van der Waals surface area contributed by atoms with Crippen molar-refractivity contribution in [3.8, 4) is 5.75 Å². The highest BCUT2D eigenvalue weighted by molar-refractivity contribution is 7.98. The van der Waals surface area contributed by atoms with Crippen molar-refractivity contribution < 1.29 is 9.53 Å². The van der Waals surface area contributed by atoms with Crippen LogP contribution in [0.3, 0.4) is 0 Å². The average Bonchev–Trinajstić information content (AvgIpc) is 2.49. The molecule has 0 bridgehead atoms. The highest BCUT2D eigenvalue weighted by Gasteiger charge is 2.18. The van der Waals surface area contributed by atoms with Crippen molar-refractivity contribution in [3.63, 3.8) is 0 Å². The van der Waals surface area contributed by atoms with Gasteiger partial charge in [-0.3, -0.25) is 4.79 Å². The summed E-state index contributed by atoms with van der Waals surface area (Å²) in [4.78, 5) is 13.7. The van der Waals surface area contributed by atoms with Crippen LogP contribution in [0.1, 0.15) is 28.4 Å². The van der Waals surface area contributed by atoms with Gasteiger partial charge in [0, 0.05) is 10.5 Å². The van der Waals surface area contributed by atoms with Gasteiger partial charge in [-0.25, -0.2) is 0 Å². The summed E-state index contributed by atoms with van der Waals surface area (Å²) in [6, 6.07) is 13.7. The first kappa shape index (κ1) is 15.6. The Labute approximate surface area is 130 Å². The van der Waals surface area contributed by atoms with E-state index in [1.165, 1.54) is 4.90 Å². The predicted molar refractivity (Wildman–Crippen MR) is 88.6 cm³/mol. The molecule has 110 valence electrons. The molecule has 0 aliphatic carbocycles. The number of benzene rings is 2. The Bertz CT molecular complexity index is 632. The maximum atomic E-state index is 12.5. The smallest absolute Gasteiger partial charge is 0.203 e. The summed E-state index contributed by atoms with van der Waals surface area (Å²) in [5.74, 6) is 0.740. The van der Waals surface area contributed by atoms with E-state index < -0.39 is 6.10 Å². The lowest BCUT2D eigenvalue weighted by molar-refractivity contribution is 0.0817. The number of Topliss-reactive ketones (excluding diaryl/α,β-unsaturated/α-hetero) is 1. The lowest BCUT2D eigenvalue weighted by Gasteiger charge is -2.15. The summed E-state index contributed by atoms with van der Waals surface area (Å²) in [5.41, 5.74) is 2.81. The summed E-state index contributed by atoms with van der Waals surface area (Å²) < 4.78 is 5.77. The molecule has 1 unspecified atom stereocenters. The lowest BCUT2D eigenvalue weighted by atomic mass is 9.99. The number of hydrogen-bond acceptors (Lipinski definition) is 3. The molecule has 2 rings (SSSR count). The highest BCUT2D eigenvalue weighted by atomic mass is 32.2. The number of aryl methyl sites for hydroxylation is 2. The highest BCUT2D eigenvalue weighted by Crippen LogP contribution is 2.21. The normalized spacial score (nSPS) is 12.0. The van der Waals surface area contributed by atoms with Crippen molar-refractivity contribution >= 4 is 17.5 Å². The standard InChI is InChI=1S/C18H20O2S/c1-12-5-6-13(2)17(11-12)18(19)14(3)20-15-7-9-16(21-4)10-8-15/h5-11,14H,1-4H3. The molecule has 0 amide bonds. The van der Waals surface area contributed by atoms with Gasteiger partial charge in [-0.05, 0) is 62.9 Å². The van der Waals surface area contributed by atoms with Gasteiger partial charge in [-0.1, -0.05) is 17.7 Å². The van der Waals surface area contributed by atoms with E-state index in [-0.39, 0.29) is 5.78 Å². The van der Waals surface area contributed by atoms with Gasteiger partial charge in [0.1, 0.15) is 5.75 Å². The number of ketones is 1. The molecule has 0 aliphatic rings. The minimum absolute atomic E-state index is 0.0187. The van der Waals surface area contributed by atoms with Crippen LogP contribution in [0, 0.1) is 13.8 Å². The minimum Gasteiger partial charge on any atom is -0.483 e. The van der Waals surface area contributed by atoms with Gasteiger partial charge in [-0.15, -0.1) is 11.8 Å². The fourth-order valence-electron chi connectivity index (χ4n) is 2.13. The topological polar surface area (TPSA) is 26.3 Å². The number of thioether (sulfide) groups is 1. The Morgan fingerprint density at radius 2 is 1.76 bits per heavy atom. The zero-order chi connectivity index (χ0) is 15.4. The number of rotatable bonds is 5. The van der Waals surface area contributed by atoms with Crippen LogP contribution in [-0.2, 0) is 0 Å². The average molecular weight is 300 g/mol. The predicted octanol–water partition coefficient (Wildman–Crippen LogP) is 4.68. The molecule has 0 fully saturated rings. The molecule has 0 N–H and O–H groups in total. The zero-order valence-corrected chi connectivity index (χ0v) is 13.7. The van der Waals surface area contributed by atoms with Gasteiger partial charge in [0.05, 0.1) is 0 Å². The third-order valence-corrected chi connectivity index (χ3v) is 4.14. The Kier molecular flexibility index (Phi) is 5.07. The molecule has 0 spiro atoms. The summed E-state index contributed by atoms with van der Waals surface area (Å²) in [5, 5.41) is 0. The third-order valence-electron chi connectivity index (χ3n) is 3.40. The number of carbonyl (C=O) groups excluding carboxylic acids is 1. The zero-order valence-electron chi connectivity index (χ0n) is 12.8. The molecule has 2 nitrogen and oxygen atoms in total. The van der Waals surface area contributed by atoms with Gasteiger partial charge >= 0.3 is 0 Å². The van der Waals surface area contributed by atoms with Gasteiger partial charge in [0.25, 0.3) is 0 Å². The first-order valence-corrected chi connectivity index (χ1v) is 8.16. The van der Waals surface area contributed by atoms with Crippen molar-refractivity contribution in [2.24, 2.45) is 0 Å². The summed E-state index contributed by atoms with van der Waals surface area (Å²) in [6.07, 6.45) is 1.54. The molecule has 21 heavy (non-hydrogen) atoms. The number of ether oxygens (including phenoxy) is 1. The van der Waals surface area contributed by atoms with Crippen LogP contribution in [0.15, 0.2) is 47.4 Å². The third kappa shape index (κ3) is 3.88. The molecular weight excluding hydrogens is 280 g/mol. The SMILES string of the molecule is CSc1ccc(OC(C)C(=O)c2cc(C)ccc2C)cc1. The number of carbonyl (C=O) groups is 1. The molecule has 0 radical (unpaired) electrons. The largest absolute Gasteiger partial charge is 0.483 e. The van der Waals surface area contributed by atoms with Gasteiger partial charge in [0.2, 0.25) is 5.78 Å². The van der Waals surface area contributed by atoms with E-state index in [2.05, 4.69) is 0 Å². The first-order valence-electron chi connectivity index (χ1n) is 6.93. The van der Waals surface area contributed by atoms with E-state index in [1.807, 2.05) is 62.6 Å². The van der Waals surface area contributed by atoms with E-state index in [1.54, 1.807) is 18.7 Å². The fourth-order valence-corrected chi connectivity index (χ4v) is 2.54. The monoisotopic (exact) mass is 300 g/mol. The van der Waals surface area contributed by atoms with Crippen LogP contribution < -0.4 is 4.74 Å². The Balaban J connectivity index is 2.13.